The number of aliphatic carboxylic acids is 1. The number of carbonyl (C=O) groups is 2. The summed E-state index contributed by atoms with van der Waals surface area (Å²) in [6.45, 7) is 1.59. The fourth-order valence-electron chi connectivity index (χ4n) is 3.59. The zero-order chi connectivity index (χ0) is 18.5. The van der Waals surface area contributed by atoms with Crippen LogP contribution in [0.4, 0.5) is 0 Å². The van der Waals surface area contributed by atoms with E-state index >= 15 is 0 Å². The van der Waals surface area contributed by atoms with Gasteiger partial charge >= 0.3 is 5.97 Å². The molecule has 1 fully saturated rings. The molecule has 142 valence electrons. The maximum Gasteiger partial charge on any atom is 0.308 e. The molecule has 0 saturated carbocycles. The Balaban J connectivity index is 1.58. The van der Waals surface area contributed by atoms with Crippen molar-refractivity contribution in [1.29, 1.82) is 0 Å². The lowest BCUT2D eigenvalue weighted by molar-refractivity contribution is -0.145. The molecule has 0 aliphatic carbocycles. The molecule has 0 spiro atoms. The van der Waals surface area contributed by atoms with Crippen LogP contribution in [0.3, 0.4) is 0 Å². The third kappa shape index (κ3) is 4.27. The summed E-state index contributed by atoms with van der Waals surface area (Å²) in [6, 6.07) is 5.54. The number of benzene rings is 1. The van der Waals surface area contributed by atoms with E-state index in [9.17, 15) is 14.7 Å². The van der Waals surface area contributed by atoms with Gasteiger partial charge in [-0.1, -0.05) is 0 Å². The molecule has 2 aliphatic heterocycles. The van der Waals surface area contributed by atoms with Gasteiger partial charge in [0.2, 0.25) is 5.91 Å². The van der Waals surface area contributed by atoms with Crippen molar-refractivity contribution < 1.29 is 28.9 Å². The van der Waals surface area contributed by atoms with Crippen molar-refractivity contribution >= 4 is 11.9 Å². The predicted molar refractivity (Wildman–Crippen MR) is 93.4 cm³/mol. The Morgan fingerprint density at radius 2 is 2.12 bits per heavy atom. The molecule has 3 rings (SSSR count). The van der Waals surface area contributed by atoms with Crippen molar-refractivity contribution in [3.8, 4) is 11.5 Å². The molecule has 1 amide bonds. The van der Waals surface area contributed by atoms with Crippen molar-refractivity contribution in [3.05, 3.63) is 23.8 Å². The van der Waals surface area contributed by atoms with Crippen LogP contribution < -0.4 is 14.8 Å². The summed E-state index contributed by atoms with van der Waals surface area (Å²) in [5.74, 6) is -0.434. The molecule has 26 heavy (non-hydrogen) atoms. The third-order valence-electron chi connectivity index (χ3n) is 5.19. The first-order chi connectivity index (χ1) is 12.6. The van der Waals surface area contributed by atoms with Gasteiger partial charge in [0.25, 0.3) is 0 Å². The highest BCUT2D eigenvalue weighted by atomic mass is 16.5. The van der Waals surface area contributed by atoms with Gasteiger partial charge in [0.05, 0.1) is 18.9 Å². The van der Waals surface area contributed by atoms with Gasteiger partial charge in [0, 0.05) is 19.8 Å². The number of ether oxygens (including phenoxy) is 3. The number of hydrogen-bond acceptors (Lipinski definition) is 5. The average molecular weight is 363 g/mol. The van der Waals surface area contributed by atoms with Gasteiger partial charge in [-0.15, -0.1) is 0 Å². The van der Waals surface area contributed by atoms with Crippen LogP contribution in [0, 0.1) is 17.8 Å². The van der Waals surface area contributed by atoms with E-state index in [1.165, 1.54) is 0 Å². The highest BCUT2D eigenvalue weighted by Gasteiger charge is 2.32. The topological polar surface area (TPSA) is 94.1 Å². The predicted octanol–water partition coefficient (Wildman–Crippen LogP) is 1.49. The first-order valence-corrected chi connectivity index (χ1v) is 8.96. The molecule has 7 nitrogen and oxygen atoms in total. The van der Waals surface area contributed by atoms with Gasteiger partial charge in [-0.3, -0.25) is 9.59 Å². The van der Waals surface area contributed by atoms with E-state index in [2.05, 4.69) is 5.32 Å². The largest absolute Gasteiger partial charge is 0.497 e. The van der Waals surface area contributed by atoms with E-state index in [1.807, 2.05) is 18.2 Å². The summed E-state index contributed by atoms with van der Waals surface area (Å²) in [5, 5.41) is 12.3. The minimum Gasteiger partial charge on any atom is -0.497 e. The monoisotopic (exact) mass is 363 g/mol. The number of amides is 1. The molecule has 0 aromatic heterocycles. The van der Waals surface area contributed by atoms with Crippen LogP contribution in [-0.4, -0.2) is 50.5 Å². The lowest BCUT2D eigenvalue weighted by Gasteiger charge is -2.29. The zero-order valence-electron chi connectivity index (χ0n) is 14.9. The fourth-order valence-corrected chi connectivity index (χ4v) is 3.59. The number of hydrogen-bond donors (Lipinski definition) is 2. The number of carboxylic acid groups (broad SMARTS) is 1. The number of methoxy groups -OCH3 is 1. The maximum atomic E-state index is 12.5. The van der Waals surface area contributed by atoms with E-state index in [4.69, 9.17) is 14.2 Å². The van der Waals surface area contributed by atoms with Crippen molar-refractivity contribution in [2.45, 2.75) is 19.3 Å². The van der Waals surface area contributed by atoms with E-state index in [0.29, 0.717) is 39.1 Å². The summed E-state index contributed by atoms with van der Waals surface area (Å²) >= 11 is 0. The Hall–Kier alpha value is -2.28. The van der Waals surface area contributed by atoms with Gasteiger partial charge < -0.3 is 24.6 Å². The smallest absolute Gasteiger partial charge is 0.308 e. The molecule has 2 N–H and O–H groups in total. The second-order valence-electron chi connectivity index (χ2n) is 6.83. The van der Waals surface area contributed by atoms with Crippen LogP contribution in [0.25, 0.3) is 0 Å². The van der Waals surface area contributed by atoms with Crippen LogP contribution in [0.5, 0.6) is 11.5 Å². The second-order valence-corrected chi connectivity index (χ2v) is 6.83. The second kappa shape index (κ2) is 8.40. The van der Waals surface area contributed by atoms with E-state index < -0.39 is 11.9 Å². The standard InChI is InChI=1S/C19H25NO6/c1-24-15-2-3-17-13(9-15)8-14(11-26-17)18(21)20-10-16(19(22)23)12-4-6-25-7-5-12/h2-3,9,12,14,16H,4-8,10-11H2,1H3,(H,20,21)(H,22,23). The lowest BCUT2D eigenvalue weighted by Crippen LogP contribution is -2.43. The Bertz CT molecular complexity index is 655. The van der Waals surface area contributed by atoms with Crippen LogP contribution in [0.2, 0.25) is 0 Å². The molecule has 0 radical (unpaired) electrons. The van der Waals surface area contributed by atoms with Gasteiger partial charge in [0.15, 0.2) is 0 Å². The molecule has 7 heteroatoms. The zero-order valence-corrected chi connectivity index (χ0v) is 14.9. The van der Waals surface area contributed by atoms with Gasteiger partial charge in [-0.05, 0) is 48.9 Å². The number of carboxylic acids is 1. The van der Waals surface area contributed by atoms with Crippen LogP contribution in [0.1, 0.15) is 18.4 Å². The molecule has 2 atom stereocenters. The summed E-state index contributed by atoms with van der Waals surface area (Å²) in [5.41, 5.74) is 0.926. The first kappa shape index (κ1) is 18.5. The molecule has 2 unspecified atom stereocenters. The summed E-state index contributed by atoms with van der Waals surface area (Å²) in [4.78, 5) is 24.1. The highest BCUT2D eigenvalue weighted by molar-refractivity contribution is 5.80. The first-order valence-electron chi connectivity index (χ1n) is 8.96. The minimum absolute atomic E-state index is 0.0362. The Kier molecular flexibility index (Phi) is 5.98. The van der Waals surface area contributed by atoms with Crippen molar-refractivity contribution in [2.75, 3.05) is 33.5 Å². The van der Waals surface area contributed by atoms with Crippen molar-refractivity contribution in [2.24, 2.45) is 17.8 Å². The Labute approximate surface area is 152 Å². The van der Waals surface area contributed by atoms with Crippen LogP contribution in [0.15, 0.2) is 18.2 Å². The molecule has 0 bridgehead atoms. The maximum absolute atomic E-state index is 12.5. The van der Waals surface area contributed by atoms with Crippen molar-refractivity contribution in [3.63, 3.8) is 0 Å². The summed E-state index contributed by atoms with van der Waals surface area (Å²) in [6.07, 6.45) is 1.98. The summed E-state index contributed by atoms with van der Waals surface area (Å²) < 4.78 is 16.2. The minimum atomic E-state index is -0.868. The van der Waals surface area contributed by atoms with E-state index in [-0.39, 0.29) is 24.3 Å². The summed E-state index contributed by atoms with van der Waals surface area (Å²) in [7, 11) is 1.60. The molecular weight excluding hydrogens is 338 g/mol. The third-order valence-corrected chi connectivity index (χ3v) is 5.19. The number of rotatable bonds is 6. The van der Waals surface area contributed by atoms with Crippen LogP contribution in [-0.2, 0) is 20.7 Å². The SMILES string of the molecule is COc1ccc2c(c1)CC(C(=O)NCC(C(=O)O)C1CCOCC1)CO2. The van der Waals surface area contributed by atoms with Crippen LogP contribution >= 0.6 is 0 Å². The van der Waals surface area contributed by atoms with Gasteiger partial charge in [0.1, 0.15) is 18.1 Å². The highest BCUT2D eigenvalue weighted by Crippen LogP contribution is 2.31. The number of fused-ring (bicyclic) bond motifs is 1. The normalized spacial score (nSPS) is 21.2. The fraction of sp³-hybridized carbons (Fsp3) is 0.579. The van der Waals surface area contributed by atoms with Crippen molar-refractivity contribution in [1.82, 2.24) is 5.32 Å². The Morgan fingerprint density at radius 3 is 2.81 bits per heavy atom. The number of carbonyl (C=O) groups excluding carboxylic acids is 1. The molecular formula is C19H25NO6. The molecule has 1 saturated heterocycles. The van der Waals surface area contributed by atoms with Gasteiger partial charge in [-0.25, -0.2) is 0 Å². The molecule has 1 aromatic rings. The molecule has 1 aromatic carbocycles. The average Bonchev–Trinajstić information content (AvgIpc) is 2.67. The molecule has 2 heterocycles. The molecule has 2 aliphatic rings. The Morgan fingerprint density at radius 1 is 1.35 bits per heavy atom. The van der Waals surface area contributed by atoms with Gasteiger partial charge in [-0.2, -0.15) is 0 Å². The lowest BCUT2D eigenvalue weighted by atomic mass is 9.85. The van der Waals surface area contributed by atoms with E-state index in [1.54, 1.807) is 7.11 Å². The number of nitrogens with one attached hydrogen (secondary N) is 1. The van der Waals surface area contributed by atoms with E-state index in [0.717, 1.165) is 17.1 Å². The quantitative estimate of drug-likeness (QED) is 0.795.